The van der Waals surface area contributed by atoms with Crippen molar-refractivity contribution < 1.29 is 9.53 Å². The van der Waals surface area contributed by atoms with Crippen LogP contribution in [0.25, 0.3) is 0 Å². The van der Waals surface area contributed by atoms with E-state index in [9.17, 15) is 4.79 Å². The first-order chi connectivity index (χ1) is 15.7. The summed E-state index contributed by atoms with van der Waals surface area (Å²) in [4.78, 5) is 19.2. The van der Waals surface area contributed by atoms with Crippen molar-refractivity contribution in [2.45, 2.75) is 64.9 Å². The second-order valence-corrected chi connectivity index (χ2v) is 9.12. The normalized spacial score (nSPS) is 20.1. The highest BCUT2D eigenvalue weighted by Crippen LogP contribution is 2.30. The Morgan fingerprint density at radius 1 is 1.18 bits per heavy atom. The van der Waals surface area contributed by atoms with E-state index in [1.165, 1.54) is 31.2 Å². The van der Waals surface area contributed by atoms with Crippen molar-refractivity contribution in [2.24, 2.45) is 16.8 Å². The molecule has 1 aliphatic heterocycles. The molecule has 7 heteroatoms. The Hall–Kier alpha value is -1.35. The van der Waals surface area contributed by atoms with Crippen LogP contribution in [0.1, 0.15) is 57.9 Å². The van der Waals surface area contributed by atoms with E-state index in [0.29, 0.717) is 30.9 Å². The Balaban J connectivity index is 0.00000385. The summed E-state index contributed by atoms with van der Waals surface area (Å²) in [6.45, 7) is 8.93. The third-order valence-electron chi connectivity index (χ3n) is 6.69. The number of rotatable bonds is 12. The van der Waals surface area contributed by atoms with Gasteiger partial charge in [0.25, 0.3) is 0 Å². The van der Waals surface area contributed by atoms with Gasteiger partial charge in [-0.2, -0.15) is 0 Å². The number of carbonyl (C=O) groups is 1. The summed E-state index contributed by atoms with van der Waals surface area (Å²) in [5.74, 6) is 2.12. The van der Waals surface area contributed by atoms with E-state index in [1.807, 2.05) is 11.0 Å². The minimum absolute atomic E-state index is 0. The van der Waals surface area contributed by atoms with Crippen LogP contribution in [0.2, 0.25) is 0 Å². The summed E-state index contributed by atoms with van der Waals surface area (Å²) >= 11 is 0. The molecular formula is C26H43IN4O2. The third-order valence-corrected chi connectivity index (χ3v) is 6.69. The number of ether oxygens (including phenoxy) is 1. The predicted molar refractivity (Wildman–Crippen MR) is 146 cm³/mol. The standard InChI is InChI=1S/C26H42N4O2.HI/c1-3-27-26(28-16-14-24(32-4-2)23-12-8-9-13-23)29-19-22-18-25(31)30(20-22)17-15-21-10-6-5-7-11-21;/h5-7,10-11,22-24H,3-4,8-9,12-20H2,1-2H3,(H2,27,28,29);1H. The molecule has 3 rings (SSSR count). The molecule has 1 saturated heterocycles. The van der Waals surface area contributed by atoms with Gasteiger partial charge in [0.15, 0.2) is 5.96 Å². The maximum atomic E-state index is 12.4. The van der Waals surface area contributed by atoms with Gasteiger partial charge < -0.3 is 20.3 Å². The summed E-state index contributed by atoms with van der Waals surface area (Å²) in [7, 11) is 0. The lowest BCUT2D eigenvalue weighted by atomic mass is 9.98. The van der Waals surface area contributed by atoms with Crippen LogP contribution in [-0.4, -0.2) is 62.2 Å². The molecule has 2 N–H and O–H groups in total. The molecule has 1 heterocycles. The largest absolute Gasteiger partial charge is 0.378 e. The number of halogens is 1. The molecule has 1 aliphatic carbocycles. The van der Waals surface area contributed by atoms with Gasteiger partial charge in [-0.3, -0.25) is 9.79 Å². The van der Waals surface area contributed by atoms with Gasteiger partial charge in [-0.1, -0.05) is 43.2 Å². The smallest absolute Gasteiger partial charge is 0.223 e. The molecule has 2 fully saturated rings. The Kier molecular flexibility index (Phi) is 13.1. The van der Waals surface area contributed by atoms with Crippen molar-refractivity contribution in [3.63, 3.8) is 0 Å². The Morgan fingerprint density at radius 2 is 1.94 bits per heavy atom. The number of hydrogen-bond acceptors (Lipinski definition) is 3. The van der Waals surface area contributed by atoms with E-state index >= 15 is 0 Å². The number of nitrogens with zero attached hydrogens (tertiary/aromatic N) is 2. The zero-order valence-corrected chi connectivity index (χ0v) is 22.8. The van der Waals surface area contributed by atoms with Crippen LogP contribution in [0.3, 0.4) is 0 Å². The van der Waals surface area contributed by atoms with E-state index in [-0.39, 0.29) is 29.9 Å². The number of hydrogen-bond donors (Lipinski definition) is 2. The minimum Gasteiger partial charge on any atom is -0.378 e. The maximum absolute atomic E-state index is 12.4. The third kappa shape index (κ3) is 9.43. The lowest BCUT2D eigenvalue weighted by Crippen LogP contribution is -2.40. The van der Waals surface area contributed by atoms with E-state index in [4.69, 9.17) is 9.73 Å². The SMILES string of the molecule is CCNC(=NCC1CC(=O)N(CCc2ccccc2)C1)NCCC(OCC)C1CCCC1.I. The number of guanidine groups is 1. The van der Waals surface area contributed by atoms with Gasteiger partial charge in [0.1, 0.15) is 0 Å². The molecule has 0 spiro atoms. The number of aliphatic imine (C=N–C) groups is 1. The molecule has 6 nitrogen and oxygen atoms in total. The highest BCUT2D eigenvalue weighted by molar-refractivity contribution is 14.0. The Labute approximate surface area is 217 Å². The second-order valence-electron chi connectivity index (χ2n) is 9.12. The second kappa shape index (κ2) is 15.5. The fraction of sp³-hybridized carbons (Fsp3) is 0.692. The molecule has 2 unspecified atom stereocenters. The van der Waals surface area contributed by atoms with E-state index in [0.717, 1.165) is 51.6 Å². The van der Waals surface area contributed by atoms with Crippen LogP contribution < -0.4 is 10.6 Å². The highest BCUT2D eigenvalue weighted by Gasteiger charge is 2.29. The van der Waals surface area contributed by atoms with Crippen molar-refractivity contribution in [1.82, 2.24) is 15.5 Å². The van der Waals surface area contributed by atoms with Crippen molar-refractivity contribution in [2.75, 3.05) is 39.3 Å². The van der Waals surface area contributed by atoms with Crippen molar-refractivity contribution in [3.8, 4) is 0 Å². The van der Waals surface area contributed by atoms with Crippen LogP contribution in [-0.2, 0) is 16.0 Å². The van der Waals surface area contributed by atoms with Crippen LogP contribution in [0.5, 0.6) is 0 Å². The van der Waals surface area contributed by atoms with Gasteiger partial charge in [0, 0.05) is 51.7 Å². The molecule has 1 aromatic carbocycles. The average Bonchev–Trinajstić information content (AvgIpc) is 3.46. The van der Waals surface area contributed by atoms with Crippen LogP contribution >= 0.6 is 24.0 Å². The lowest BCUT2D eigenvalue weighted by molar-refractivity contribution is -0.127. The average molecular weight is 571 g/mol. The fourth-order valence-electron chi connectivity index (χ4n) is 4.99. The van der Waals surface area contributed by atoms with E-state index < -0.39 is 0 Å². The zero-order valence-electron chi connectivity index (χ0n) is 20.4. The van der Waals surface area contributed by atoms with Crippen molar-refractivity contribution in [1.29, 1.82) is 0 Å². The van der Waals surface area contributed by atoms with Gasteiger partial charge >= 0.3 is 0 Å². The minimum atomic E-state index is 0. The van der Waals surface area contributed by atoms with Crippen LogP contribution in [0.15, 0.2) is 35.3 Å². The van der Waals surface area contributed by atoms with E-state index in [2.05, 4.69) is 48.7 Å². The summed E-state index contributed by atoms with van der Waals surface area (Å²) < 4.78 is 6.04. The molecule has 0 radical (unpaired) electrons. The fourth-order valence-corrected chi connectivity index (χ4v) is 4.99. The Bertz CT molecular complexity index is 710. The lowest BCUT2D eigenvalue weighted by Gasteiger charge is -2.24. The molecule has 1 aromatic rings. The summed E-state index contributed by atoms with van der Waals surface area (Å²) in [5.41, 5.74) is 1.28. The molecular weight excluding hydrogens is 527 g/mol. The summed E-state index contributed by atoms with van der Waals surface area (Å²) in [6.07, 6.45) is 8.16. The molecule has 186 valence electrons. The Morgan fingerprint density at radius 3 is 2.64 bits per heavy atom. The first-order valence-corrected chi connectivity index (χ1v) is 12.6. The number of carbonyl (C=O) groups excluding carboxylic acids is 1. The van der Waals surface area contributed by atoms with Gasteiger partial charge in [0.05, 0.1) is 6.10 Å². The van der Waals surface area contributed by atoms with E-state index in [1.54, 1.807) is 0 Å². The number of nitrogens with one attached hydrogen (secondary N) is 2. The maximum Gasteiger partial charge on any atom is 0.223 e. The molecule has 33 heavy (non-hydrogen) atoms. The number of amides is 1. The molecule has 0 aromatic heterocycles. The molecule has 1 amide bonds. The summed E-state index contributed by atoms with van der Waals surface area (Å²) in [6, 6.07) is 10.4. The first kappa shape index (κ1) is 27.9. The molecule has 2 aliphatic rings. The monoisotopic (exact) mass is 570 g/mol. The predicted octanol–water partition coefficient (Wildman–Crippen LogP) is 4.24. The van der Waals surface area contributed by atoms with Crippen molar-refractivity contribution >= 4 is 35.8 Å². The van der Waals surface area contributed by atoms with Crippen LogP contribution in [0, 0.1) is 11.8 Å². The zero-order chi connectivity index (χ0) is 22.6. The van der Waals surface area contributed by atoms with Crippen molar-refractivity contribution in [3.05, 3.63) is 35.9 Å². The molecule has 0 bridgehead atoms. The first-order valence-electron chi connectivity index (χ1n) is 12.6. The van der Waals surface area contributed by atoms with Gasteiger partial charge in [-0.25, -0.2) is 0 Å². The highest BCUT2D eigenvalue weighted by atomic mass is 127. The van der Waals surface area contributed by atoms with Crippen LogP contribution in [0.4, 0.5) is 0 Å². The van der Waals surface area contributed by atoms with Gasteiger partial charge in [-0.15, -0.1) is 24.0 Å². The van der Waals surface area contributed by atoms with Gasteiger partial charge in [-0.05, 0) is 51.0 Å². The quantitative estimate of drug-likeness (QED) is 0.224. The van der Waals surface area contributed by atoms with Gasteiger partial charge in [0.2, 0.25) is 5.91 Å². The molecule has 1 saturated carbocycles. The number of benzene rings is 1. The molecule has 2 atom stereocenters. The topological polar surface area (TPSA) is 66.0 Å². The summed E-state index contributed by atoms with van der Waals surface area (Å²) in [5, 5.41) is 6.84. The number of likely N-dealkylation sites (tertiary alicyclic amines) is 1.